The van der Waals surface area contributed by atoms with Crippen molar-refractivity contribution in [2.75, 3.05) is 32.8 Å². The van der Waals surface area contributed by atoms with Gasteiger partial charge in [0.05, 0.1) is 6.20 Å². The van der Waals surface area contributed by atoms with E-state index in [0.29, 0.717) is 5.75 Å². The van der Waals surface area contributed by atoms with Crippen LogP contribution in [0.4, 0.5) is 0 Å². The molecule has 106 valence electrons. The van der Waals surface area contributed by atoms with Crippen LogP contribution in [0.3, 0.4) is 0 Å². The summed E-state index contributed by atoms with van der Waals surface area (Å²) in [6.45, 7) is 9.23. The van der Waals surface area contributed by atoms with Gasteiger partial charge in [-0.05, 0) is 19.1 Å². The van der Waals surface area contributed by atoms with E-state index in [-0.39, 0.29) is 12.5 Å². The number of nitrogens with one attached hydrogen (secondary N) is 1. The number of carbonyl (C=O) groups excluding carboxylic acids is 1. The third-order valence-corrected chi connectivity index (χ3v) is 2.72. The third-order valence-electron chi connectivity index (χ3n) is 2.72. The van der Waals surface area contributed by atoms with Crippen LogP contribution in [0.1, 0.15) is 19.5 Å². The fraction of sp³-hybridized carbons (Fsp3) is 0.571. The number of hydrogen-bond donors (Lipinski definition) is 1. The monoisotopic (exact) mass is 265 g/mol. The Labute approximate surface area is 115 Å². The number of aryl methyl sites for hydroxylation is 1. The number of nitrogens with zero attached hydrogens (tertiary/aromatic N) is 2. The Bertz CT molecular complexity index is 373. The van der Waals surface area contributed by atoms with Gasteiger partial charge in [0.25, 0.3) is 5.91 Å². The second-order valence-corrected chi connectivity index (χ2v) is 4.05. The summed E-state index contributed by atoms with van der Waals surface area (Å²) < 4.78 is 5.40. The van der Waals surface area contributed by atoms with Gasteiger partial charge in [-0.3, -0.25) is 9.78 Å². The van der Waals surface area contributed by atoms with Crippen LogP contribution < -0.4 is 10.1 Å². The molecular weight excluding hydrogens is 242 g/mol. The lowest BCUT2D eigenvalue weighted by atomic mass is 10.3. The molecule has 0 spiro atoms. The molecule has 1 aromatic rings. The summed E-state index contributed by atoms with van der Waals surface area (Å²) in [7, 11) is 0. The van der Waals surface area contributed by atoms with Crippen molar-refractivity contribution in [1.29, 1.82) is 0 Å². The van der Waals surface area contributed by atoms with E-state index >= 15 is 0 Å². The normalized spacial score (nSPS) is 14.4. The molecule has 0 aromatic carbocycles. The zero-order valence-corrected chi connectivity index (χ0v) is 12.0. The van der Waals surface area contributed by atoms with Crippen molar-refractivity contribution in [3.05, 3.63) is 24.0 Å². The van der Waals surface area contributed by atoms with Crippen molar-refractivity contribution in [2.24, 2.45) is 0 Å². The van der Waals surface area contributed by atoms with Gasteiger partial charge in [-0.25, -0.2) is 0 Å². The third kappa shape index (κ3) is 5.26. The molecule has 1 aliphatic heterocycles. The van der Waals surface area contributed by atoms with Gasteiger partial charge in [-0.15, -0.1) is 0 Å². The summed E-state index contributed by atoms with van der Waals surface area (Å²) in [6.07, 6.45) is 1.64. The average molecular weight is 265 g/mol. The zero-order chi connectivity index (χ0) is 14.1. The van der Waals surface area contributed by atoms with Gasteiger partial charge >= 0.3 is 0 Å². The first-order chi connectivity index (χ1) is 9.25. The van der Waals surface area contributed by atoms with Crippen LogP contribution >= 0.6 is 0 Å². The molecule has 0 aliphatic carbocycles. The molecule has 2 rings (SSSR count). The molecule has 1 fully saturated rings. The van der Waals surface area contributed by atoms with Gasteiger partial charge < -0.3 is 15.0 Å². The predicted molar refractivity (Wildman–Crippen MR) is 75.3 cm³/mol. The molecule has 1 amide bonds. The minimum atomic E-state index is 0.0343. The molecule has 0 saturated carbocycles. The van der Waals surface area contributed by atoms with Crippen LogP contribution in [0.25, 0.3) is 0 Å². The van der Waals surface area contributed by atoms with E-state index in [1.165, 1.54) is 0 Å². The molecule has 1 aliphatic rings. The topological polar surface area (TPSA) is 54.5 Å². The average Bonchev–Trinajstić information content (AvgIpc) is 2.49. The molecular formula is C14H23N3O2. The van der Waals surface area contributed by atoms with E-state index in [0.717, 1.165) is 31.9 Å². The SMILES string of the molecule is CC.Cc1ccc(OCC(=O)N2CCNCC2)cn1. The smallest absolute Gasteiger partial charge is 0.260 e. The Morgan fingerprint density at radius 1 is 1.37 bits per heavy atom. The van der Waals surface area contributed by atoms with Crippen LogP contribution in [-0.2, 0) is 4.79 Å². The van der Waals surface area contributed by atoms with Gasteiger partial charge in [0.2, 0.25) is 0 Å². The van der Waals surface area contributed by atoms with Gasteiger partial charge in [-0.1, -0.05) is 13.8 Å². The molecule has 5 heteroatoms. The highest BCUT2D eigenvalue weighted by Gasteiger charge is 2.16. The summed E-state index contributed by atoms with van der Waals surface area (Å²) in [5.41, 5.74) is 0.936. The summed E-state index contributed by atoms with van der Waals surface area (Å²) in [5, 5.41) is 3.20. The van der Waals surface area contributed by atoms with Gasteiger partial charge in [-0.2, -0.15) is 0 Å². The molecule has 0 unspecified atom stereocenters. The molecule has 0 atom stereocenters. The largest absolute Gasteiger partial charge is 0.482 e. The van der Waals surface area contributed by atoms with Crippen molar-refractivity contribution < 1.29 is 9.53 Å². The molecule has 1 saturated heterocycles. The number of amides is 1. The Kier molecular flexibility index (Phi) is 6.89. The van der Waals surface area contributed by atoms with Crippen molar-refractivity contribution in [2.45, 2.75) is 20.8 Å². The van der Waals surface area contributed by atoms with Crippen molar-refractivity contribution in [3.8, 4) is 5.75 Å². The first-order valence-corrected chi connectivity index (χ1v) is 6.79. The fourth-order valence-electron chi connectivity index (χ4n) is 1.69. The first kappa shape index (κ1) is 15.4. The Morgan fingerprint density at radius 2 is 2.05 bits per heavy atom. The lowest BCUT2D eigenvalue weighted by Gasteiger charge is -2.27. The first-order valence-electron chi connectivity index (χ1n) is 6.79. The molecule has 0 bridgehead atoms. The van der Waals surface area contributed by atoms with Crippen molar-refractivity contribution >= 4 is 5.91 Å². The number of aromatic nitrogens is 1. The summed E-state index contributed by atoms with van der Waals surface area (Å²) in [5.74, 6) is 0.672. The molecule has 5 nitrogen and oxygen atoms in total. The van der Waals surface area contributed by atoms with E-state index in [9.17, 15) is 4.79 Å². The van der Waals surface area contributed by atoms with Crippen LogP contribution in [0.15, 0.2) is 18.3 Å². The summed E-state index contributed by atoms with van der Waals surface area (Å²) in [6, 6.07) is 3.69. The summed E-state index contributed by atoms with van der Waals surface area (Å²) in [4.78, 5) is 17.7. The highest BCUT2D eigenvalue weighted by molar-refractivity contribution is 5.77. The predicted octanol–water partition coefficient (Wildman–Crippen LogP) is 1.23. The van der Waals surface area contributed by atoms with Crippen molar-refractivity contribution in [3.63, 3.8) is 0 Å². The highest BCUT2D eigenvalue weighted by atomic mass is 16.5. The molecule has 19 heavy (non-hydrogen) atoms. The van der Waals surface area contributed by atoms with Crippen LogP contribution in [0.2, 0.25) is 0 Å². The minimum Gasteiger partial charge on any atom is -0.482 e. The van der Waals surface area contributed by atoms with E-state index < -0.39 is 0 Å². The molecule has 0 radical (unpaired) electrons. The maximum atomic E-state index is 11.8. The van der Waals surface area contributed by atoms with Crippen LogP contribution in [0, 0.1) is 6.92 Å². The number of rotatable bonds is 3. The molecule has 1 aromatic heterocycles. The highest BCUT2D eigenvalue weighted by Crippen LogP contribution is 2.08. The van der Waals surface area contributed by atoms with Crippen LogP contribution in [-0.4, -0.2) is 48.6 Å². The Balaban J connectivity index is 0.000000861. The minimum absolute atomic E-state index is 0.0343. The van der Waals surface area contributed by atoms with E-state index in [1.54, 1.807) is 6.20 Å². The second kappa shape index (κ2) is 8.48. The quantitative estimate of drug-likeness (QED) is 0.893. The van der Waals surface area contributed by atoms with Gasteiger partial charge in [0, 0.05) is 31.9 Å². The van der Waals surface area contributed by atoms with Crippen LogP contribution in [0.5, 0.6) is 5.75 Å². The number of piperazine rings is 1. The summed E-state index contributed by atoms with van der Waals surface area (Å²) >= 11 is 0. The lowest BCUT2D eigenvalue weighted by molar-refractivity contribution is -0.133. The van der Waals surface area contributed by atoms with E-state index in [2.05, 4.69) is 10.3 Å². The fourth-order valence-corrected chi connectivity index (χ4v) is 1.69. The second-order valence-electron chi connectivity index (χ2n) is 4.05. The maximum Gasteiger partial charge on any atom is 0.260 e. The number of carbonyl (C=O) groups is 1. The van der Waals surface area contributed by atoms with E-state index in [4.69, 9.17) is 4.74 Å². The number of ether oxygens (including phenoxy) is 1. The number of pyridine rings is 1. The lowest BCUT2D eigenvalue weighted by Crippen LogP contribution is -2.47. The zero-order valence-electron chi connectivity index (χ0n) is 12.0. The van der Waals surface area contributed by atoms with Gasteiger partial charge in [0.15, 0.2) is 6.61 Å². The van der Waals surface area contributed by atoms with Gasteiger partial charge in [0.1, 0.15) is 5.75 Å². The molecule has 2 heterocycles. The number of hydrogen-bond acceptors (Lipinski definition) is 4. The van der Waals surface area contributed by atoms with Crippen molar-refractivity contribution in [1.82, 2.24) is 15.2 Å². The van der Waals surface area contributed by atoms with E-state index in [1.807, 2.05) is 37.8 Å². The Hall–Kier alpha value is -1.62. The standard InChI is InChI=1S/C12H17N3O2.C2H6/c1-10-2-3-11(8-14-10)17-9-12(16)15-6-4-13-5-7-15;1-2/h2-3,8,13H,4-7,9H2,1H3;1-2H3. The molecule has 1 N–H and O–H groups in total. The Morgan fingerprint density at radius 3 is 2.63 bits per heavy atom. The maximum absolute atomic E-state index is 11.8.